The smallest absolute Gasteiger partial charge is 0.321 e. The molecule has 0 saturated carbocycles. The zero-order valence-electron chi connectivity index (χ0n) is 13.0. The van der Waals surface area contributed by atoms with Crippen LogP contribution in [0.5, 0.6) is 0 Å². The minimum Gasteiger partial charge on any atom is -0.390 e. The zero-order valence-corrected chi connectivity index (χ0v) is 13.9. The molecule has 2 heterocycles. The maximum Gasteiger partial charge on any atom is 0.321 e. The number of β-amino-alcohol motifs (C(OH)–C–C–N with tert-alkyl or cyclic N) is 1. The molecule has 1 aliphatic rings. The fourth-order valence-electron chi connectivity index (χ4n) is 2.48. The number of carbonyl (C=O) groups excluding carboxylic acids is 1. The van der Waals surface area contributed by atoms with Crippen molar-refractivity contribution in [2.75, 3.05) is 31.5 Å². The van der Waals surface area contributed by atoms with Gasteiger partial charge in [0.05, 0.1) is 6.10 Å². The highest BCUT2D eigenvalue weighted by Crippen LogP contribution is 2.16. The average molecular weight is 327 g/mol. The Balaban J connectivity index is 1.65. The summed E-state index contributed by atoms with van der Waals surface area (Å²) in [5.41, 5.74) is 0. The summed E-state index contributed by atoms with van der Waals surface area (Å²) in [6.07, 6.45) is 4.98. The highest BCUT2D eigenvalue weighted by molar-refractivity contribution is 7.15. The third kappa shape index (κ3) is 5.86. The minimum absolute atomic E-state index is 0.239. The van der Waals surface area contributed by atoms with E-state index in [1.54, 1.807) is 0 Å². The van der Waals surface area contributed by atoms with Crippen molar-refractivity contribution in [2.45, 2.75) is 45.1 Å². The van der Waals surface area contributed by atoms with Crippen molar-refractivity contribution in [3.8, 4) is 0 Å². The van der Waals surface area contributed by atoms with Gasteiger partial charge in [-0.3, -0.25) is 5.32 Å². The summed E-state index contributed by atoms with van der Waals surface area (Å²) >= 11 is 1.38. The van der Waals surface area contributed by atoms with Crippen molar-refractivity contribution in [1.82, 2.24) is 20.4 Å². The fraction of sp³-hybridized carbons (Fsp3) is 0.786. The maximum absolute atomic E-state index is 11.8. The molecule has 0 radical (unpaired) electrons. The number of amides is 2. The summed E-state index contributed by atoms with van der Waals surface area (Å²) < 4.78 is 0. The molecule has 2 amide bonds. The standard InChI is InChI=1S/C14H25N5O2S/c1-2-6-12-17-18-14(22-12)16-13(21)15-9-11(20)10-19-7-4-3-5-8-19/h11,20H,2-10H2,1H3,(H2,15,16,18,21)/t11-/m0/s1. The first-order valence-electron chi connectivity index (χ1n) is 7.95. The van der Waals surface area contributed by atoms with Crippen LogP contribution in [0.3, 0.4) is 0 Å². The van der Waals surface area contributed by atoms with Gasteiger partial charge in [0.2, 0.25) is 5.13 Å². The molecule has 0 aliphatic carbocycles. The fourth-order valence-corrected chi connectivity index (χ4v) is 3.31. The van der Waals surface area contributed by atoms with Gasteiger partial charge in [0.25, 0.3) is 0 Å². The van der Waals surface area contributed by atoms with E-state index in [0.717, 1.165) is 30.9 Å². The second-order valence-electron chi connectivity index (χ2n) is 5.60. The lowest BCUT2D eigenvalue weighted by Gasteiger charge is -2.28. The van der Waals surface area contributed by atoms with E-state index in [1.807, 2.05) is 0 Å². The van der Waals surface area contributed by atoms with Crippen molar-refractivity contribution >= 4 is 22.5 Å². The number of rotatable bonds is 7. The van der Waals surface area contributed by atoms with E-state index < -0.39 is 6.10 Å². The first kappa shape index (κ1) is 17.1. The van der Waals surface area contributed by atoms with E-state index in [-0.39, 0.29) is 12.6 Å². The molecule has 0 aromatic carbocycles. The number of carbonyl (C=O) groups is 1. The van der Waals surface area contributed by atoms with Crippen LogP contribution in [-0.2, 0) is 6.42 Å². The normalized spacial score (nSPS) is 17.2. The van der Waals surface area contributed by atoms with Gasteiger partial charge in [0, 0.05) is 19.5 Å². The molecule has 1 saturated heterocycles. The van der Waals surface area contributed by atoms with Crippen molar-refractivity contribution in [3.63, 3.8) is 0 Å². The Kier molecular flexibility index (Phi) is 7.01. The number of aromatic nitrogens is 2. The number of nitrogens with one attached hydrogen (secondary N) is 2. The van der Waals surface area contributed by atoms with Crippen LogP contribution in [0.15, 0.2) is 0 Å². The van der Waals surface area contributed by atoms with Crippen molar-refractivity contribution in [1.29, 1.82) is 0 Å². The molecule has 7 nitrogen and oxygen atoms in total. The van der Waals surface area contributed by atoms with Gasteiger partial charge in [0.15, 0.2) is 0 Å². The van der Waals surface area contributed by atoms with Gasteiger partial charge in [-0.25, -0.2) is 4.79 Å². The van der Waals surface area contributed by atoms with E-state index in [1.165, 1.54) is 30.6 Å². The molecular weight excluding hydrogens is 302 g/mol. The molecule has 22 heavy (non-hydrogen) atoms. The quantitative estimate of drug-likeness (QED) is 0.705. The summed E-state index contributed by atoms with van der Waals surface area (Å²) in [7, 11) is 0. The number of aliphatic hydroxyl groups excluding tert-OH is 1. The summed E-state index contributed by atoms with van der Waals surface area (Å²) in [6, 6.07) is -0.350. The highest BCUT2D eigenvalue weighted by atomic mass is 32.1. The van der Waals surface area contributed by atoms with Crippen LogP contribution in [0, 0.1) is 0 Å². The van der Waals surface area contributed by atoms with Gasteiger partial charge in [-0.15, -0.1) is 10.2 Å². The number of piperidine rings is 1. The van der Waals surface area contributed by atoms with Gasteiger partial charge >= 0.3 is 6.03 Å². The Labute approximate surface area is 135 Å². The van der Waals surface area contributed by atoms with E-state index >= 15 is 0 Å². The van der Waals surface area contributed by atoms with Crippen molar-refractivity contribution in [3.05, 3.63) is 5.01 Å². The molecule has 1 aromatic heterocycles. The van der Waals surface area contributed by atoms with Crippen LogP contribution < -0.4 is 10.6 Å². The maximum atomic E-state index is 11.8. The molecule has 8 heteroatoms. The summed E-state index contributed by atoms with van der Waals surface area (Å²) in [6.45, 7) is 5.00. The third-order valence-corrected chi connectivity index (χ3v) is 4.47. The lowest BCUT2D eigenvalue weighted by Crippen LogP contribution is -2.42. The Bertz CT molecular complexity index is 462. The predicted octanol–water partition coefficient (Wildman–Crippen LogP) is 1.46. The number of anilines is 1. The molecule has 2 rings (SSSR count). The second kappa shape index (κ2) is 9.02. The van der Waals surface area contributed by atoms with Crippen LogP contribution in [0.25, 0.3) is 0 Å². The summed E-state index contributed by atoms with van der Waals surface area (Å²) in [5, 5.41) is 24.6. The largest absolute Gasteiger partial charge is 0.390 e. The van der Waals surface area contributed by atoms with Crippen molar-refractivity contribution < 1.29 is 9.90 Å². The third-order valence-electron chi connectivity index (χ3n) is 3.57. The van der Waals surface area contributed by atoms with E-state index in [2.05, 4.69) is 32.7 Å². The molecule has 1 atom stereocenters. The zero-order chi connectivity index (χ0) is 15.8. The number of hydrogen-bond donors (Lipinski definition) is 3. The average Bonchev–Trinajstić information content (AvgIpc) is 2.94. The van der Waals surface area contributed by atoms with Gasteiger partial charge in [-0.05, 0) is 32.4 Å². The van der Waals surface area contributed by atoms with Crippen LogP contribution in [0.4, 0.5) is 9.93 Å². The number of hydrogen-bond acceptors (Lipinski definition) is 6. The van der Waals surface area contributed by atoms with E-state index in [4.69, 9.17) is 0 Å². The number of aliphatic hydroxyl groups is 1. The molecule has 0 bridgehead atoms. The molecule has 124 valence electrons. The Morgan fingerprint density at radius 2 is 2.14 bits per heavy atom. The van der Waals surface area contributed by atoms with Crippen LogP contribution in [0.2, 0.25) is 0 Å². The lowest BCUT2D eigenvalue weighted by atomic mass is 10.1. The SMILES string of the molecule is CCCc1nnc(NC(=O)NC[C@H](O)CN2CCCCC2)s1. The van der Waals surface area contributed by atoms with E-state index in [9.17, 15) is 9.90 Å². The molecule has 1 fully saturated rings. The second-order valence-corrected chi connectivity index (χ2v) is 6.66. The summed E-state index contributed by atoms with van der Waals surface area (Å²) in [5.74, 6) is 0. The van der Waals surface area contributed by atoms with Gasteiger partial charge in [-0.1, -0.05) is 24.7 Å². The monoisotopic (exact) mass is 327 g/mol. The van der Waals surface area contributed by atoms with Gasteiger partial charge < -0.3 is 15.3 Å². The number of likely N-dealkylation sites (tertiary alicyclic amines) is 1. The summed E-state index contributed by atoms with van der Waals surface area (Å²) in [4.78, 5) is 14.0. The highest BCUT2D eigenvalue weighted by Gasteiger charge is 2.15. The Hall–Kier alpha value is -1.25. The minimum atomic E-state index is -0.547. The van der Waals surface area contributed by atoms with Gasteiger partial charge in [-0.2, -0.15) is 0 Å². The molecular formula is C14H25N5O2S. The number of aryl methyl sites for hydroxylation is 1. The molecule has 0 spiro atoms. The van der Waals surface area contributed by atoms with Crippen LogP contribution in [-0.4, -0.2) is 58.5 Å². The Morgan fingerprint density at radius 3 is 2.86 bits per heavy atom. The van der Waals surface area contributed by atoms with Crippen LogP contribution in [0.1, 0.15) is 37.6 Å². The number of urea groups is 1. The molecule has 3 N–H and O–H groups in total. The Morgan fingerprint density at radius 1 is 1.36 bits per heavy atom. The first-order valence-corrected chi connectivity index (χ1v) is 8.76. The molecule has 0 unspecified atom stereocenters. The predicted molar refractivity (Wildman–Crippen MR) is 87.2 cm³/mol. The molecule has 1 aliphatic heterocycles. The topological polar surface area (TPSA) is 90.4 Å². The van der Waals surface area contributed by atoms with E-state index in [0.29, 0.717) is 11.7 Å². The lowest BCUT2D eigenvalue weighted by molar-refractivity contribution is 0.102. The van der Waals surface area contributed by atoms with Gasteiger partial charge in [0.1, 0.15) is 5.01 Å². The van der Waals surface area contributed by atoms with Crippen molar-refractivity contribution in [2.24, 2.45) is 0 Å². The molecule has 1 aromatic rings. The first-order chi connectivity index (χ1) is 10.7. The number of nitrogens with zero attached hydrogens (tertiary/aromatic N) is 3. The van der Waals surface area contributed by atoms with Crippen LogP contribution >= 0.6 is 11.3 Å².